The summed E-state index contributed by atoms with van der Waals surface area (Å²) in [6.07, 6.45) is -0.224. The zero-order valence-electron chi connectivity index (χ0n) is 14.5. The normalized spacial score (nSPS) is 23.2. The van der Waals surface area contributed by atoms with E-state index in [-0.39, 0.29) is 11.6 Å². The lowest BCUT2D eigenvalue weighted by Gasteiger charge is -2.31. The minimum atomic E-state index is -0.224. The highest BCUT2D eigenvalue weighted by atomic mass is 16.5. The zero-order chi connectivity index (χ0) is 16.3. The summed E-state index contributed by atoms with van der Waals surface area (Å²) in [6.45, 7) is 10.2. The molecule has 1 aromatic carbocycles. The van der Waals surface area contributed by atoms with Gasteiger partial charge < -0.3 is 14.7 Å². The summed E-state index contributed by atoms with van der Waals surface area (Å²) in [4.78, 5) is 4.67. The van der Waals surface area contributed by atoms with Gasteiger partial charge in [-0.1, -0.05) is 12.1 Å². The van der Waals surface area contributed by atoms with E-state index in [9.17, 15) is 5.11 Å². The van der Waals surface area contributed by atoms with Gasteiger partial charge in [0, 0.05) is 37.6 Å². The van der Waals surface area contributed by atoms with Crippen LogP contribution in [0.15, 0.2) is 24.3 Å². The number of hydrogen-bond donors (Lipinski definition) is 1. The Balaban J connectivity index is 1.87. The number of rotatable bonds is 5. The number of β-amino-alcohol motifs (C(OH)–C–C–N with tert-alkyl or cyclic N) is 1. The molecule has 0 amide bonds. The third-order valence-electron chi connectivity index (χ3n) is 4.51. The molecular weight excluding hydrogens is 276 g/mol. The number of benzene rings is 1. The van der Waals surface area contributed by atoms with E-state index < -0.39 is 0 Å². The summed E-state index contributed by atoms with van der Waals surface area (Å²) in [7, 11) is 3.81. The van der Waals surface area contributed by atoms with Crippen LogP contribution in [-0.2, 0) is 6.54 Å². The van der Waals surface area contributed by atoms with Gasteiger partial charge in [0.1, 0.15) is 5.75 Å². The fraction of sp³-hybridized carbons (Fsp3) is 0.667. The summed E-state index contributed by atoms with van der Waals surface area (Å²) < 4.78 is 5.19. The van der Waals surface area contributed by atoms with Crippen LogP contribution in [0.3, 0.4) is 0 Å². The van der Waals surface area contributed by atoms with Crippen molar-refractivity contribution in [1.82, 2.24) is 9.80 Å². The molecule has 2 unspecified atom stereocenters. The molecule has 1 aliphatic rings. The van der Waals surface area contributed by atoms with Crippen LogP contribution in [0.1, 0.15) is 26.3 Å². The lowest BCUT2D eigenvalue weighted by atomic mass is 10.0. The Morgan fingerprint density at radius 3 is 2.36 bits per heavy atom. The van der Waals surface area contributed by atoms with E-state index in [0.29, 0.717) is 5.92 Å². The molecule has 0 bridgehead atoms. The highest BCUT2D eigenvalue weighted by Gasteiger charge is 2.36. The second-order valence-corrected chi connectivity index (χ2v) is 7.45. The SMILES string of the molecule is COc1ccc(CN(C)CC2CN(C(C)(C)C)CC2O)cc1. The molecule has 1 fully saturated rings. The summed E-state index contributed by atoms with van der Waals surface area (Å²) >= 11 is 0. The van der Waals surface area contributed by atoms with Crippen molar-refractivity contribution < 1.29 is 9.84 Å². The summed E-state index contributed by atoms with van der Waals surface area (Å²) in [5.41, 5.74) is 1.40. The van der Waals surface area contributed by atoms with Gasteiger partial charge >= 0.3 is 0 Å². The van der Waals surface area contributed by atoms with Crippen LogP contribution >= 0.6 is 0 Å². The van der Waals surface area contributed by atoms with Gasteiger partial charge in [-0.2, -0.15) is 0 Å². The molecule has 0 saturated carbocycles. The van der Waals surface area contributed by atoms with Gasteiger partial charge in [-0.05, 0) is 45.5 Å². The second-order valence-electron chi connectivity index (χ2n) is 7.45. The Bertz CT molecular complexity index is 467. The quantitative estimate of drug-likeness (QED) is 0.905. The monoisotopic (exact) mass is 306 g/mol. The first-order valence-corrected chi connectivity index (χ1v) is 8.04. The summed E-state index contributed by atoms with van der Waals surface area (Å²) in [6, 6.07) is 8.19. The Hall–Kier alpha value is -1.10. The number of likely N-dealkylation sites (tertiary alicyclic amines) is 1. The Kier molecular flexibility index (Phi) is 5.48. The van der Waals surface area contributed by atoms with E-state index in [1.807, 2.05) is 12.1 Å². The van der Waals surface area contributed by atoms with Crippen LogP contribution in [0.4, 0.5) is 0 Å². The lowest BCUT2D eigenvalue weighted by Crippen LogP contribution is -2.40. The van der Waals surface area contributed by atoms with E-state index in [2.05, 4.69) is 49.8 Å². The van der Waals surface area contributed by atoms with Gasteiger partial charge in [0.15, 0.2) is 0 Å². The van der Waals surface area contributed by atoms with Gasteiger partial charge in [-0.3, -0.25) is 4.90 Å². The summed E-state index contributed by atoms with van der Waals surface area (Å²) in [5.74, 6) is 1.21. The fourth-order valence-electron chi connectivity index (χ4n) is 3.09. The molecule has 1 saturated heterocycles. The third-order valence-corrected chi connectivity index (χ3v) is 4.51. The van der Waals surface area contributed by atoms with E-state index in [0.717, 1.165) is 31.9 Å². The molecule has 2 rings (SSSR count). The molecule has 22 heavy (non-hydrogen) atoms. The second kappa shape index (κ2) is 6.99. The van der Waals surface area contributed by atoms with E-state index in [4.69, 9.17) is 4.74 Å². The maximum Gasteiger partial charge on any atom is 0.118 e. The van der Waals surface area contributed by atoms with Gasteiger partial charge in [-0.25, -0.2) is 0 Å². The van der Waals surface area contributed by atoms with Crippen LogP contribution in [0.2, 0.25) is 0 Å². The first-order chi connectivity index (χ1) is 10.3. The standard InChI is InChI=1S/C18H30N2O2/c1-18(2,3)20-12-15(17(21)13-20)11-19(4)10-14-6-8-16(22-5)9-7-14/h6-9,15,17,21H,10-13H2,1-5H3. The fourth-order valence-corrected chi connectivity index (χ4v) is 3.09. The molecule has 1 N–H and O–H groups in total. The lowest BCUT2D eigenvalue weighted by molar-refractivity contribution is 0.112. The van der Waals surface area contributed by atoms with E-state index in [1.165, 1.54) is 5.56 Å². The smallest absolute Gasteiger partial charge is 0.118 e. The van der Waals surface area contributed by atoms with Crippen molar-refractivity contribution in [3.8, 4) is 5.75 Å². The van der Waals surface area contributed by atoms with Crippen molar-refractivity contribution in [1.29, 1.82) is 0 Å². The average Bonchev–Trinajstić information content (AvgIpc) is 2.81. The van der Waals surface area contributed by atoms with E-state index >= 15 is 0 Å². The number of hydrogen-bond acceptors (Lipinski definition) is 4. The van der Waals surface area contributed by atoms with Gasteiger partial charge in [-0.15, -0.1) is 0 Å². The van der Waals surface area contributed by atoms with Gasteiger partial charge in [0.05, 0.1) is 13.2 Å². The molecule has 2 atom stereocenters. The van der Waals surface area contributed by atoms with Crippen molar-refractivity contribution in [3.05, 3.63) is 29.8 Å². The average molecular weight is 306 g/mol. The predicted molar refractivity (Wildman–Crippen MR) is 90.2 cm³/mol. The zero-order valence-corrected chi connectivity index (χ0v) is 14.5. The van der Waals surface area contributed by atoms with Crippen LogP contribution in [-0.4, -0.2) is 60.3 Å². The Labute approximate surface area is 134 Å². The first-order valence-electron chi connectivity index (χ1n) is 8.04. The minimum Gasteiger partial charge on any atom is -0.497 e. The molecule has 0 spiro atoms. The molecule has 0 aliphatic carbocycles. The number of aliphatic hydroxyl groups excluding tert-OH is 1. The van der Waals surface area contributed by atoms with Gasteiger partial charge in [0.2, 0.25) is 0 Å². The molecule has 0 radical (unpaired) electrons. The molecule has 124 valence electrons. The topological polar surface area (TPSA) is 35.9 Å². The molecule has 1 heterocycles. The van der Waals surface area contributed by atoms with Crippen molar-refractivity contribution in [3.63, 3.8) is 0 Å². The highest BCUT2D eigenvalue weighted by molar-refractivity contribution is 5.27. The van der Waals surface area contributed by atoms with Crippen LogP contribution in [0.25, 0.3) is 0 Å². The van der Waals surface area contributed by atoms with Crippen molar-refractivity contribution in [2.75, 3.05) is 33.8 Å². The Morgan fingerprint density at radius 1 is 1.23 bits per heavy atom. The molecule has 4 heteroatoms. The molecule has 1 aromatic rings. The van der Waals surface area contributed by atoms with Gasteiger partial charge in [0.25, 0.3) is 0 Å². The number of ether oxygens (including phenoxy) is 1. The number of methoxy groups -OCH3 is 1. The van der Waals surface area contributed by atoms with E-state index in [1.54, 1.807) is 7.11 Å². The van der Waals surface area contributed by atoms with Crippen LogP contribution < -0.4 is 4.74 Å². The van der Waals surface area contributed by atoms with Crippen molar-refractivity contribution >= 4 is 0 Å². The first kappa shape index (κ1) is 17.3. The highest BCUT2D eigenvalue weighted by Crippen LogP contribution is 2.25. The molecule has 4 nitrogen and oxygen atoms in total. The molecule has 1 aliphatic heterocycles. The predicted octanol–water partition coefficient (Wildman–Crippen LogP) is 2.22. The van der Waals surface area contributed by atoms with Crippen LogP contribution in [0, 0.1) is 5.92 Å². The maximum absolute atomic E-state index is 10.3. The molecule has 0 aromatic heterocycles. The largest absolute Gasteiger partial charge is 0.497 e. The minimum absolute atomic E-state index is 0.129. The third kappa shape index (κ3) is 4.45. The summed E-state index contributed by atoms with van der Waals surface area (Å²) in [5, 5.41) is 10.3. The number of nitrogens with zero attached hydrogens (tertiary/aromatic N) is 2. The van der Waals surface area contributed by atoms with Crippen LogP contribution in [0.5, 0.6) is 5.75 Å². The number of aliphatic hydroxyl groups is 1. The Morgan fingerprint density at radius 2 is 1.86 bits per heavy atom. The van der Waals surface area contributed by atoms with Crippen molar-refractivity contribution in [2.45, 2.75) is 39.0 Å². The maximum atomic E-state index is 10.3. The van der Waals surface area contributed by atoms with Crippen molar-refractivity contribution in [2.24, 2.45) is 5.92 Å². The molecular formula is C18H30N2O2.